The zero-order valence-electron chi connectivity index (χ0n) is 11.3. The summed E-state index contributed by atoms with van der Waals surface area (Å²) in [5.41, 5.74) is 0. The highest BCUT2D eigenvalue weighted by atomic mass is 32.2. The van der Waals surface area contributed by atoms with E-state index in [-0.39, 0.29) is 0 Å². The van der Waals surface area contributed by atoms with Crippen molar-refractivity contribution in [3.63, 3.8) is 0 Å². The molecule has 0 N–H and O–H groups in total. The predicted octanol–water partition coefficient (Wildman–Crippen LogP) is 3.37. The summed E-state index contributed by atoms with van der Waals surface area (Å²) in [4.78, 5) is 4.00. The summed E-state index contributed by atoms with van der Waals surface area (Å²) in [7, 11) is 0. The van der Waals surface area contributed by atoms with Crippen LogP contribution in [-0.2, 0) is 5.75 Å². The highest BCUT2D eigenvalue weighted by molar-refractivity contribution is 7.98. The number of imidazole rings is 1. The van der Waals surface area contributed by atoms with Gasteiger partial charge in [-0.25, -0.2) is 4.98 Å². The highest BCUT2D eigenvalue weighted by Gasteiger charge is 2.36. The largest absolute Gasteiger partial charge is 0.319 e. The second-order valence-electron chi connectivity index (χ2n) is 5.53. The Morgan fingerprint density at radius 1 is 1.24 bits per heavy atom. The first-order valence-corrected chi connectivity index (χ1v) is 8.10. The molecule has 0 saturated heterocycles. The third-order valence-electron chi connectivity index (χ3n) is 3.83. The van der Waals surface area contributed by atoms with Crippen LogP contribution in [-0.4, -0.2) is 24.3 Å². The quantitative estimate of drug-likeness (QED) is 0.767. The zero-order valence-corrected chi connectivity index (χ0v) is 12.1. The second kappa shape index (κ2) is 5.08. The van der Waals surface area contributed by atoms with E-state index in [1.54, 1.807) is 0 Å². The topological polar surface area (TPSA) is 48.5 Å². The fourth-order valence-electron chi connectivity index (χ4n) is 2.45. The maximum absolute atomic E-state index is 12.8. The molecular formula is C13H15F2N5S. The Kier molecular flexibility index (Phi) is 3.20. The summed E-state index contributed by atoms with van der Waals surface area (Å²) in [5.74, 6) is 2.38. The molecule has 0 atom stereocenters. The van der Waals surface area contributed by atoms with E-state index in [0.29, 0.717) is 23.5 Å². The second-order valence-corrected chi connectivity index (χ2v) is 6.48. The fourth-order valence-corrected chi connectivity index (χ4v) is 3.41. The van der Waals surface area contributed by atoms with E-state index in [1.807, 2.05) is 0 Å². The highest BCUT2D eigenvalue weighted by Crippen LogP contribution is 2.46. The Morgan fingerprint density at radius 3 is 2.71 bits per heavy atom. The lowest BCUT2D eigenvalue weighted by Crippen LogP contribution is -2.04. The van der Waals surface area contributed by atoms with Crippen LogP contribution in [0.15, 0.2) is 17.6 Å². The lowest BCUT2D eigenvalue weighted by molar-refractivity contribution is 0.0678. The molecule has 5 nitrogen and oxygen atoms in total. The van der Waals surface area contributed by atoms with Gasteiger partial charge >= 0.3 is 6.55 Å². The summed E-state index contributed by atoms with van der Waals surface area (Å²) in [5, 5.41) is 9.41. The monoisotopic (exact) mass is 311 g/mol. The van der Waals surface area contributed by atoms with E-state index < -0.39 is 6.55 Å². The van der Waals surface area contributed by atoms with Crippen molar-refractivity contribution >= 4 is 11.8 Å². The van der Waals surface area contributed by atoms with Gasteiger partial charge in [-0.15, -0.1) is 10.2 Å². The fraction of sp³-hybridized carbons (Fsp3) is 0.615. The number of alkyl halides is 2. The molecule has 2 aromatic rings. The normalized spacial score (nSPS) is 18.6. The Morgan fingerprint density at radius 2 is 2.05 bits per heavy atom. The minimum Gasteiger partial charge on any atom is -0.303 e. The van der Waals surface area contributed by atoms with Crippen molar-refractivity contribution in [2.75, 3.05) is 0 Å². The van der Waals surface area contributed by atoms with Crippen molar-refractivity contribution < 1.29 is 8.78 Å². The minimum atomic E-state index is -2.55. The first kappa shape index (κ1) is 13.2. The molecular weight excluding hydrogens is 296 g/mol. The van der Waals surface area contributed by atoms with Crippen molar-refractivity contribution in [1.29, 1.82) is 0 Å². The number of aromatic nitrogens is 5. The van der Waals surface area contributed by atoms with Gasteiger partial charge in [0.1, 0.15) is 11.6 Å². The van der Waals surface area contributed by atoms with E-state index >= 15 is 0 Å². The van der Waals surface area contributed by atoms with Gasteiger partial charge in [-0.1, -0.05) is 11.8 Å². The van der Waals surface area contributed by atoms with Crippen LogP contribution >= 0.6 is 11.8 Å². The van der Waals surface area contributed by atoms with Crippen LogP contribution in [0.4, 0.5) is 8.78 Å². The molecule has 0 aromatic carbocycles. The van der Waals surface area contributed by atoms with E-state index in [1.165, 1.54) is 37.0 Å². The average Bonchev–Trinajstić information content (AvgIpc) is 3.39. The Balaban J connectivity index is 1.53. The molecule has 112 valence electrons. The average molecular weight is 311 g/mol. The van der Waals surface area contributed by atoms with Gasteiger partial charge in [0, 0.05) is 24.4 Å². The Bertz CT molecular complexity index is 645. The maximum Gasteiger partial charge on any atom is 0.319 e. The molecule has 21 heavy (non-hydrogen) atoms. The van der Waals surface area contributed by atoms with E-state index in [9.17, 15) is 8.78 Å². The third-order valence-corrected chi connectivity index (χ3v) is 4.77. The number of thioether (sulfide) groups is 1. The minimum absolute atomic E-state index is 0.369. The zero-order chi connectivity index (χ0) is 14.4. The van der Waals surface area contributed by atoms with Gasteiger partial charge in [-0.3, -0.25) is 4.57 Å². The van der Waals surface area contributed by atoms with Crippen LogP contribution in [0.25, 0.3) is 0 Å². The molecule has 4 rings (SSSR count). The number of halogens is 2. The van der Waals surface area contributed by atoms with Crippen molar-refractivity contribution in [2.45, 2.75) is 55.1 Å². The molecule has 2 saturated carbocycles. The van der Waals surface area contributed by atoms with Crippen molar-refractivity contribution in [2.24, 2.45) is 0 Å². The van der Waals surface area contributed by atoms with Gasteiger partial charge in [0.25, 0.3) is 0 Å². The number of nitrogens with zero attached hydrogens (tertiary/aromatic N) is 5. The number of rotatable bonds is 6. The molecule has 0 spiro atoms. The van der Waals surface area contributed by atoms with Crippen LogP contribution < -0.4 is 0 Å². The van der Waals surface area contributed by atoms with E-state index in [2.05, 4.69) is 19.7 Å². The van der Waals surface area contributed by atoms with Gasteiger partial charge in [0.05, 0.1) is 5.75 Å². The SMILES string of the molecule is FC(F)n1ccnc1CSc1nnc(C2CC2)n1C1CC1. The van der Waals surface area contributed by atoms with E-state index in [0.717, 1.165) is 28.4 Å². The summed E-state index contributed by atoms with van der Waals surface area (Å²) in [6.45, 7) is -2.55. The molecule has 0 aliphatic heterocycles. The Labute approximate surface area is 124 Å². The smallest absolute Gasteiger partial charge is 0.303 e. The molecule has 2 fully saturated rings. The van der Waals surface area contributed by atoms with Crippen LogP contribution in [0.5, 0.6) is 0 Å². The molecule has 8 heteroatoms. The first-order chi connectivity index (χ1) is 10.2. The lowest BCUT2D eigenvalue weighted by atomic mass is 10.4. The van der Waals surface area contributed by atoms with E-state index in [4.69, 9.17) is 0 Å². The van der Waals surface area contributed by atoms with Gasteiger partial charge in [-0.2, -0.15) is 8.78 Å². The van der Waals surface area contributed by atoms with Crippen LogP contribution in [0.2, 0.25) is 0 Å². The molecule has 0 unspecified atom stereocenters. The van der Waals surface area contributed by atoms with Gasteiger partial charge in [0.2, 0.25) is 0 Å². The molecule has 2 aromatic heterocycles. The summed E-state index contributed by atoms with van der Waals surface area (Å²) in [6.07, 6.45) is 7.41. The Hall–Kier alpha value is -1.44. The van der Waals surface area contributed by atoms with Crippen LogP contribution in [0.1, 0.15) is 55.8 Å². The number of hydrogen-bond acceptors (Lipinski definition) is 4. The molecule has 0 bridgehead atoms. The van der Waals surface area contributed by atoms with Gasteiger partial charge in [0.15, 0.2) is 5.16 Å². The van der Waals surface area contributed by atoms with Gasteiger partial charge in [-0.05, 0) is 25.7 Å². The van der Waals surface area contributed by atoms with Crippen molar-refractivity contribution in [3.8, 4) is 0 Å². The third kappa shape index (κ3) is 2.56. The molecule has 0 amide bonds. The van der Waals surface area contributed by atoms with Crippen molar-refractivity contribution in [1.82, 2.24) is 24.3 Å². The standard InChI is InChI=1S/C13H15F2N5S/c14-12(15)19-6-5-16-10(19)7-21-13-18-17-11(8-1-2-8)20(13)9-3-4-9/h5-6,8-9,12H,1-4,7H2. The van der Waals surface area contributed by atoms with Gasteiger partial charge < -0.3 is 4.57 Å². The van der Waals surface area contributed by atoms with Crippen LogP contribution in [0, 0.1) is 0 Å². The lowest BCUT2D eigenvalue weighted by Gasteiger charge is -2.09. The summed E-state index contributed by atoms with van der Waals surface area (Å²) >= 11 is 1.44. The van der Waals surface area contributed by atoms with Crippen LogP contribution in [0.3, 0.4) is 0 Å². The molecule has 0 radical (unpaired) electrons. The first-order valence-electron chi connectivity index (χ1n) is 7.11. The summed E-state index contributed by atoms with van der Waals surface area (Å²) < 4.78 is 28.7. The molecule has 2 aliphatic carbocycles. The van der Waals surface area contributed by atoms with Crippen molar-refractivity contribution in [3.05, 3.63) is 24.0 Å². The number of hydrogen-bond donors (Lipinski definition) is 0. The molecule has 2 aliphatic rings. The predicted molar refractivity (Wildman–Crippen MR) is 73.3 cm³/mol. The summed E-state index contributed by atoms with van der Waals surface area (Å²) in [6, 6.07) is 0.507. The maximum atomic E-state index is 12.8. The molecule has 2 heterocycles.